The quantitative estimate of drug-likeness (QED) is 0.678. The number of aromatic nitrogens is 2. The fourth-order valence-corrected chi connectivity index (χ4v) is 2.03. The van der Waals surface area contributed by atoms with E-state index in [4.69, 9.17) is 15.0 Å². The maximum Gasteiger partial charge on any atom is 0.258 e. The first kappa shape index (κ1) is 13.0. The monoisotopic (exact) mass is 311 g/mol. The van der Waals surface area contributed by atoms with Crippen molar-refractivity contribution < 1.29 is 9.26 Å². The SMILES string of the molecule is CCOCCc1noc(-c2cc(N)cc(Br)c2)n1. The minimum atomic E-state index is 0.467. The highest BCUT2D eigenvalue weighted by atomic mass is 79.9. The molecule has 6 heteroatoms. The van der Waals surface area contributed by atoms with Crippen molar-refractivity contribution in [2.75, 3.05) is 18.9 Å². The van der Waals surface area contributed by atoms with Crippen LogP contribution in [0.4, 0.5) is 5.69 Å². The molecule has 1 heterocycles. The lowest BCUT2D eigenvalue weighted by molar-refractivity contribution is 0.149. The summed E-state index contributed by atoms with van der Waals surface area (Å²) in [6, 6.07) is 5.50. The second-order valence-electron chi connectivity index (χ2n) is 3.74. The molecule has 0 spiro atoms. The molecule has 0 bridgehead atoms. The maximum absolute atomic E-state index is 5.76. The maximum atomic E-state index is 5.76. The van der Waals surface area contributed by atoms with Gasteiger partial charge < -0.3 is 15.0 Å². The Morgan fingerprint density at radius 1 is 1.39 bits per heavy atom. The van der Waals surface area contributed by atoms with Crippen LogP contribution in [0.3, 0.4) is 0 Å². The molecule has 2 aromatic rings. The molecule has 0 aliphatic rings. The van der Waals surface area contributed by atoms with Gasteiger partial charge in [0.2, 0.25) is 0 Å². The van der Waals surface area contributed by atoms with E-state index in [9.17, 15) is 0 Å². The predicted molar refractivity (Wildman–Crippen MR) is 72.0 cm³/mol. The summed E-state index contributed by atoms with van der Waals surface area (Å²) in [6.07, 6.45) is 0.640. The molecule has 0 amide bonds. The third kappa shape index (κ3) is 3.30. The molecular formula is C12H14BrN3O2. The summed E-state index contributed by atoms with van der Waals surface area (Å²) in [5.74, 6) is 1.10. The summed E-state index contributed by atoms with van der Waals surface area (Å²) in [5, 5.41) is 3.90. The van der Waals surface area contributed by atoms with Crippen LogP contribution in [0.15, 0.2) is 27.2 Å². The molecule has 0 aliphatic heterocycles. The van der Waals surface area contributed by atoms with Crippen LogP contribution >= 0.6 is 15.9 Å². The Bertz CT molecular complexity index is 508. The summed E-state index contributed by atoms with van der Waals surface area (Å²) in [5.41, 5.74) is 7.21. The Hall–Kier alpha value is -1.40. The summed E-state index contributed by atoms with van der Waals surface area (Å²) >= 11 is 3.38. The van der Waals surface area contributed by atoms with Gasteiger partial charge in [0, 0.05) is 28.8 Å². The zero-order valence-electron chi connectivity index (χ0n) is 10.0. The van der Waals surface area contributed by atoms with E-state index in [1.165, 1.54) is 0 Å². The second kappa shape index (κ2) is 5.97. The van der Waals surface area contributed by atoms with Gasteiger partial charge in [-0.05, 0) is 25.1 Å². The lowest BCUT2D eigenvalue weighted by Crippen LogP contribution is -1.99. The van der Waals surface area contributed by atoms with Crippen molar-refractivity contribution in [3.8, 4) is 11.5 Å². The minimum Gasteiger partial charge on any atom is -0.399 e. The van der Waals surface area contributed by atoms with Gasteiger partial charge in [-0.15, -0.1) is 0 Å². The number of benzene rings is 1. The highest BCUT2D eigenvalue weighted by Gasteiger charge is 2.09. The van der Waals surface area contributed by atoms with Crippen molar-refractivity contribution in [1.82, 2.24) is 10.1 Å². The Balaban J connectivity index is 2.13. The number of nitrogens with two attached hydrogens (primary N) is 1. The summed E-state index contributed by atoms with van der Waals surface area (Å²) in [7, 11) is 0. The predicted octanol–water partition coefficient (Wildman–Crippen LogP) is 2.66. The van der Waals surface area contributed by atoms with Crippen LogP contribution in [-0.4, -0.2) is 23.4 Å². The van der Waals surface area contributed by atoms with Gasteiger partial charge in [-0.1, -0.05) is 21.1 Å². The van der Waals surface area contributed by atoms with Crippen molar-refractivity contribution in [3.63, 3.8) is 0 Å². The number of halogens is 1. The molecule has 0 fully saturated rings. The molecule has 0 atom stereocenters. The first-order valence-corrected chi connectivity index (χ1v) is 6.45. The van der Waals surface area contributed by atoms with E-state index >= 15 is 0 Å². The van der Waals surface area contributed by atoms with E-state index in [0.717, 1.165) is 10.0 Å². The number of nitrogens with zero attached hydrogens (tertiary/aromatic N) is 2. The molecular weight excluding hydrogens is 298 g/mol. The van der Waals surface area contributed by atoms with Crippen LogP contribution in [0.5, 0.6) is 0 Å². The van der Waals surface area contributed by atoms with Crippen LogP contribution in [0.1, 0.15) is 12.7 Å². The van der Waals surface area contributed by atoms with E-state index in [1.807, 2.05) is 19.1 Å². The van der Waals surface area contributed by atoms with Crippen LogP contribution in [0.25, 0.3) is 11.5 Å². The van der Waals surface area contributed by atoms with Crippen LogP contribution in [0, 0.1) is 0 Å². The first-order chi connectivity index (χ1) is 8.69. The van der Waals surface area contributed by atoms with Crippen LogP contribution in [0.2, 0.25) is 0 Å². The van der Waals surface area contributed by atoms with Gasteiger partial charge in [0.1, 0.15) is 0 Å². The van der Waals surface area contributed by atoms with Crippen molar-refractivity contribution in [2.45, 2.75) is 13.3 Å². The normalized spacial score (nSPS) is 10.8. The number of ether oxygens (including phenoxy) is 1. The van der Waals surface area contributed by atoms with E-state index < -0.39 is 0 Å². The molecule has 0 saturated carbocycles. The average Bonchev–Trinajstić information content (AvgIpc) is 2.77. The highest BCUT2D eigenvalue weighted by molar-refractivity contribution is 9.10. The largest absolute Gasteiger partial charge is 0.399 e. The van der Waals surface area contributed by atoms with Gasteiger partial charge in [0.15, 0.2) is 5.82 Å². The fraction of sp³-hybridized carbons (Fsp3) is 0.333. The van der Waals surface area contributed by atoms with E-state index in [-0.39, 0.29) is 0 Å². The summed E-state index contributed by atoms with van der Waals surface area (Å²) in [4.78, 5) is 4.30. The molecule has 5 nitrogen and oxygen atoms in total. The molecule has 2 rings (SSSR count). The van der Waals surface area contributed by atoms with Crippen LogP contribution < -0.4 is 5.73 Å². The molecule has 18 heavy (non-hydrogen) atoms. The number of anilines is 1. The number of hydrogen-bond acceptors (Lipinski definition) is 5. The Morgan fingerprint density at radius 2 is 2.22 bits per heavy atom. The van der Waals surface area contributed by atoms with Crippen LogP contribution in [-0.2, 0) is 11.2 Å². The van der Waals surface area contributed by atoms with Gasteiger partial charge in [-0.3, -0.25) is 0 Å². The second-order valence-corrected chi connectivity index (χ2v) is 4.65. The minimum absolute atomic E-state index is 0.467. The average molecular weight is 312 g/mol. The van der Waals surface area contributed by atoms with Gasteiger partial charge >= 0.3 is 0 Å². The molecule has 0 aliphatic carbocycles. The third-order valence-corrected chi connectivity index (χ3v) is 2.77. The van der Waals surface area contributed by atoms with E-state index in [1.54, 1.807) is 6.07 Å². The molecule has 1 aromatic heterocycles. The van der Waals surface area contributed by atoms with Gasteiger partial charge in [0.25, 0.3) is 5.89 Å². The zero-order valence-corrected chi connectivity index (χ0v) is 11.6. The molecule has 0 saturated heterocycles. The van der Waals surface area contributed by atoms with Gasteiger partial charge in [-0.25, -0.2) is 0 Å². The molecule has 96 valence electrons. The molecule has 0 unspecified atom stereocenters. The molecule has 2 N–H and O–H groups in total. The topological polar surface area (TPSA) is 74.2 Å². The van der Waals surface area contributed by atoms with Crippen molar-refractivity contribution in [3.05, 3.63) is 28.5 Å². The van der Waals surface area contributed by atoms with Crippen molar-refractivity contribution >= 4 is 21.6 Å². The lowest BCUT2D eigenvalue weighted by atomic mass is 10.2. The van der Waals surface area contributed by atoms with Crippen molar-refractivity contribution in [1.29, 1.82) is 0 Å². The Morgan fingerprint density at radius 3 is 2.94 bits per heavy atom. The standard InChI is InChI=1S/C12H14BrN3O2/c1-2-17-4-3-11-15-12(18-16-11)8-5-9(13)7-10(14)6-8/h5-7H,2-4,14H2,1H3. The van der Waals surface area contributed by atoms with E-state index in [2.05, 4.69) is 26.1 Å². The fourth-order valence-electron chi connectivity index (χ4n) is 1.52. The number of hydrogen-bond donors (Lipinski definition) is 1. The third-order valence-electron chi connectivity index (χ3n) is 2.31. The number of rotatable bonds is 5. The summed E-state index contributed by atoms with van der Waals surface area (Å²) in [6.45, 7) is 3.23. The Kier molecular flexibility index (Phi) is 4.33. The smallest absolute Gasteiger partial charge is 0.258 e. The Labute approximate surface area is 113 Å². The van der Waals surface area contributed by atoms with E-state index in [0.29, 0.717) is 37.0 Å². The lowest BCUT2D eigenvalue weighted by Gasteiger charge is -1.98. The number of nitrogen functional groups attached to an aromatic ring is 1. The highest BCUT2D eigenvalue weighted by Crippen LogP contribution is 2.24. The van der Waals surface area contributed by atoms with Gasteiger partial charge in [0.05, 0.1) is 6.61 Å². The van der Waals surface area contributed by atoms with Gasteiger partial charge in [-0.2, -0.15) is 4.98 Å². The molecule has 1 aromatic carbocycles. The zero-order chi connectivity index (χ0) is 13.0. The first-order valence-electron chi connectivity index (χ1n) is 5.66. The molecule has 0 radical (unpaired) electrons. The van der Waals surface area contributed by atoms with Crippen molar-refractivity contribution in [2.24, 2.45) is 0 Å². The summed E-state index contributed by atoms with van der Waals surface area (Å²) < 4.78 is 11.3.